The fraction of sp³-hybridized carbons (Fsp3) is 0.448. The average molecular weight is 473 g/mol. The predicted octanol–water partition coefficient (Wildman–Crippen LogP) is 4.29. The molecule has 2 aromatic carbocycles. The summed E-state index contributed by atoms with van der Waals surface area (Å²) in [4.78, 5) is 33.3. The Morgan fingerprint density at radius 1 is 0.971 bits per heavy atom. The molecule has 1 amide bonds. The summed E-state index contributed by atoms with van der Waals surface area (Å²) in [5.74, 6) is 0.315. The minimum Gasteiger partial charge on any atom is -0.357 e. The van der Waals surface area contributed by atoms with Crippen LogP contribution in [0, 0.1) is 5.41 Å². The molecule has 2 heterocycles. The summed E-state index contributed by atoms with van der Waals surface area (Å²) in [5, 5.41) is 3.58. The Bertz CT molecular complexity index is 1130. The van der Waals surface area contributed by atoms with E-state index in [2.05, 4.69) is 66.2 Å². The first-order valence-corrected chi connectivity index (χ1v) is 12.7. The van der Waals surface area contributed by atoms with Crippen LogP contribution in [0.25, 0.3) is 0 Å². The number of piperazine rings is 1. The quantitative estimate of drug-likeness (QED) is 0.719. The highest BCUT2D eigenvalue weighted by atomic mass is 16.2. The minimum atomic E-state index is -0.159. The van der Waals surface area contributed by atoms with Gasteiger partial charge >= 0.3 is 0 Å². The fourth-order valence-corrected chi connectivity index (χ4v) is 5.75. The van der Waals surface area contributed by atoms with Gasteiger partial charge in [-0.1, -0.05) is 56.3 Å². The number of rotatable bonds is 4. The molecular weight excluding hydrogens is 436 g/mol. The first-order valence-electron chi connectivity index (χ1n) is 12.7. The zero-order valence-corrected chi connectivity index (χ0v) is 21.1. The molecule has 6 heteroatoms. The monoisotopic (exact) mass is 472 g/mol. The summed E-state index contributed by atoms with van der Waals surface area (Å²) in [6.07, 6.45) is 1.37. The predicted molar refractivity (Wildman–Crippen MR) is 140 cm³/mol. The van der Waals surface area contributed by atoms with Crippen molar-refractivity contribution in [2.75, 3.05) is 42.9 Å². The molecule has 0 unspecified atom stereocenters. The van der Waals surface area contributed by atoms with E-state index in [4.69, 9.17) is 0 Å². The Balaban J connectivity index is 1.31. The van der Waals surface area contributed by atoms with Crippen molar-refractivity contribution in [2.24, 2.45) is 5.41 Å². The Morgan fingerprint density at radius 2 is 1.66 bits per heavy atom. The molecule has 0 radical (unpaired) electrons. The van der Waals surface area contributed by atoms with E-state index in [1.165, 1.54) is 5.56 Å². The molecule has 3 aliphatic rings. The van der Waals surface area contributed by atoms with E-state index in [-0.39, 0.29) is 29.7 Å². The lowest BCUT2D eigenvalue weighted by atomic mass is 9.74. The number of Topliss-reactive ketones (excluding diaryl/α,β-unsaturated/α-hetero) is 1. The molecule has 2 aromatic rings. The molecular formula is C29H36N4O2. The van der Waals surface area contributed by atoms with Gasteiger partial charge in [0.25, 0.3) is 0 Å². The van der Waals surface area contributed by atoms with Gasteiger partial charge in [-0.25, -0.2) is 0 Å². The van der Waals surface area contributed by atoms with Gasteiger partial charge in [0, 0.05) is 50.4 Å². The van der Waals surface area contributed by atoms with Crippen LogP contribution in [0.3, 0.4) is 0 Å². The van der Waals surface area contributed by atoms with Crippen molar-refractivity contribution in [2.45, 2.75) is 46.2 Å². The minimum absolute atomic E-state index is 0.0675. The van der Waals surface area contributed by atoms with Crippen LogP contribution in [0.15, 0.2) is 65.9 Å². The second kappa shape index (κ2) is 9.50. The number of amides is 1. The number of carbonyl (C=O) groups is 2. The smallest absolute Gasteiger partial charge is 0.242 e. The molecule has 184 valence electrons. The molecule has 2 aliphatic heterocycles. The molecule has 1 saturated heterocycles. The van der Waals surface area contributed by atoms with E-state index >= 15 is 0 Å². The number of hydrogen-bond donors (Lipinski definition) is 1. The molecule has 1 N–H and O–H groups in total. The molecule has 1 atom stereocenters. The van der Waals surface area contributed by atoms with Crippen LogP contribution in [0.2, 0.25) is 0 Å². The molecule has 35 heavy (non-hydrogen) atoms. The fourth-order valence-electron chi connectivity index (χ4n) is 5.75. The van der Waals surface area contributed by atoms with Crippen LogP contribution in [0.5, 0.6) is 0 Å². The van der Waals surface area contributed by atoms with E-state index < -0.39 is 0 Å². The number of anilines is 2. The van der Waals surface area contributed by atoms with E-state index in [1.807, 2.05) is 29.2 Å². The van der Waals surface area contributed by atoms with Crippen molar-refractivity contribution in [1.29, 1.82) is 0 Å². The van der Waals surface area contributed by atoms with Crippen LogP contribution in [-0.4, -0.2) is 60.3 Å². The maximum Gasteiger partial charge on any atom is 0.242 e. The number of carbonyl (C=O) groups excluding carboxylic acids is 2. The highest BCUT2D eigenvalue weighted by Gasteiger charge is 2.39. The van der Waals surface area contributed by atoms with Gasteiger partial charge in [0.1, 0.15) is 0 Å². The third-order valence-corrected chi connectivity index (χ3v) is 7.58. The lowest BCUT2D eigenvalue weighted by Crippen LogP contribution is -2.52. The second-order valence-electron chi connectivity index (χ2n) is 10.9. The average Bonchev–Trinajstić information content (AvgIpc) is 2.93. The molecule has 1 aliphatic carbocycles. The largest absolute Gasteiger partial charge is 0.357 e. The van der Waals surface area contributed by atoms with Crippen molar-refractivity contribution in [3.8, 4) is 0 Å². The third-order valence-electron chi connectivity index (χ3n) is 7.58. The highest BCUT2D eigenvalue weighted by Crippen LogP contribution is 2.43. The Morgan fingerprint density at radius 3 is 2.40 bits per heavy atom. The number of nitrogens with zero attached hydrogens (tertiary/aromatic N) is 3. The molecule has 0 aromatic heterocycles. The molecule has 0 spiro atoms. The van der Waals surface area contributed by atoms with Gasteiger partial charge in [-0.2, -0.15) is 0 Å². The van der Waals surface area contributed by atoms with Crippen molar-refractivity contribution in [3.05, 3.63) is 71.4 Å². The number of hydrogen-bond acceptors (Lipinski definition) is 5. The van der Waals surface area contributed by atoms with E-state index in [0.29, 0.717) is 6.42 Å². The van der Waals surface area contributed by atoms with E-state index in [9.17, 15) is 9.59 Å². The Kier molecular flexibility index (Phi) is 6.41. The number of benzene rings is 2. The lowest BCUT2D eigenvalue weighted by molar-refractivity contribution is -0.131. The maximum atomic E-state index is 13.5. The number of ketones is 1. The SMILES string of the molecule is C[C@H]1C2=C(CC(C)(C)CC2=O)Nc2ccccc2N1CC(=O)N1CCN(Cc2ccccc2)CC1. The van der Waals surface area contributed by atoms with Crippen LogP contribution in [0.1, 0.15) is 39.2 Å². The Labute approximate surface area is 208 Å². The van der Waals surface area contributed by atoms with Gasteiger partial charge in [0.15, 0.2) is 5.78 Å². The number of allylic oxidation sites excluding steroid dienone is 1. The second-order valence-corrected chi connectivity index (χ2v) is 10.9. The molecule has 1 fully saturated rings. The standard InChI is InChI=1S/C29H36N4O2/c1-21-28-24(17-29(2,3)18-26(28)34)30-23-11-7-8-12-25(23)33(21)20-27(35)32-15-13-31(14-16-32)19-22-9-5-4-6-10-22/h4-12,21,30H,13-20H2,1-3H3/t21-/m0/s1. The number of nitrogens with one attached hydrogen (secondary N) is 1. The van der Waals surface area contributed by atoms with Crippen molar-refractivity contribution < 1.29 is 9.59 Å². The number of fused-ring (bicyclic) bond motifs is 1. The van der Waals surface area contributed by atoms with Crippen LogP contribution in [-0.2, 0) is 16.1 Å². The Hall–Kier alpha value is -3.12. The van der Waals surface area contributed by atoms with Crippen molar-refractivity contribution in [1.82, 2.24) is 9.80 Å². The molecule has 6 nitrogen and oxygen atoms in total. The van der Waals surface area contributed by atoms with Crippen LogP contribution in [0.4, 0.5) is 11.4 Å². The summed E-state index contributed by atoms with van der Waals surface area (Å²) >= 11 is 0. The summed E-state index contributed by atoms with van der Waals surface area (Å²) < 4.78 is 0. The topological polar surface area (TPSA) is 55.9 Å². The van der Waals surface area contributed by atoms with Gasteiger partial charge in [-0.15, -0.1) is 0 Å². The zero-order valence-electron chi connectivity index (χ0n) is 21.1. The molecule has 0 saturated carbocycles. The highest BCUT2D eigenvalue weighted by molar-refractivity contribution is 6.01. The first-order chi connectivity index (χ1) is 16.8. The summed E-state index contributed by atoms with van der Waals surface area (Å²) in [6, 6.07) is 18.4. The summed E-state index contributed by atoms with van der Waals surface area (Å²) in [7, 11) is 0. The van der Waals surface area contributed by atoms with Crippen molar-refractivity contribution >= 4 is 23.1 Å². The van der Waals surface area contributed by atoms with Gasteiger partial charge in [-0.3, -0.25) is 14.5 Å². The number of para-hydroxylation sites is 2. The van der Waals surface area contributed by atoms with Gasteiger partial charge in [-0.05, 0) is 36.5 Å². The van der Waals surface area contributed by atoms with Crippen LogP contribution < -0.4 is 10.2 Å². The maximum absolute atomic E-state index is 13.5. The molecule has 5 rings (SSSR count). The summed E-state index contributed by atoms with van der Waals surface area (Å²) in [5.41, 5.74) is 5.03. The zero-order chi connectivity index (χ0) is 24.6. The lowest BCUT2D eigenvalue weighted by Gasteiger charge is -2.38. The molecule has 0 bridgehead atoms. The summed E-state index contributed by atoms with van der Waals surface area (Å²) in [6.45, 7) is 10.8. The third kappa shape index (κ3) is 4.98. The van der Waals surface area contributed by atoms with Gasteiger partial charge < -0.3 is 15.1 Å². The van der Waals surface area contributed by atoms with Crippen molar-refractivity contribution in [3.63, 3.8) is 0 Å². The van der Waals surface area contributed by atoms with E-state index in [1.54, 1.807) is 0 Å². The first kappa shape index (κ1) is 23.6. The van der Waals surface area contributed by atoms with Gasteiger partial charge in [0.2, 0.25) is 5.91 Å². The van der Waals surface area contributed by atoms with E-state index in [0.717, 1.165) is 61.8 Å². The van der Waals surface area contributed by atoms with Crippen LogP contribution >= 0.6 is 0 Å². The normalized spacial score (nSPS) is 22.3. The van der Waals surface area contributed by atoms with Gasteiger partial charge in [0.05, 0.1) is 24.0 Å².